The standard InChI is InChI=1S/C26H34O9/c1-12(27)35-22-16-6-5-15-19(24(16,2)10-17(28)20(22)30)21(31)23(32)25(3)14(8-9-26(15,25)33)13-4-7-18(29)34-11-13/h4,7,11,14-17,19-22,28,30-31,33H,5-6,8-10H2,1-3H3. The minimum Gasteiger partial charge on any atom is -0.459 e. The fourth-order valence-corrected chi connectivity index (χ4v) is 8.60. The van der Waals surface area contributed by atoms with Crippen molar-refractivity contribution >= 4 is 11.8 Å². The van der Waals surface area contributed by atoms with E-state index in [-0.39, 0.29) is 12.3 Å². The van der Waals surface area contributed by atoms with Crippen molar-refractivity contribution in [3.05, 3.63) is 34.4 Å². The first-order chi connectivity index (χ1) is 16.4. The molecule has 11 unspecified atom stereocenters. The lowest BCUT2D eigenvalue weighted by Crippen LogP contribution is -2.72. The molecule has 4 saturated carbocycles. The maximum absolute atomic E-state index is 14.0. The average Bonchev–Trinajstić information content (AvgIpc) is 3.08. The van der Waals surface area contributed by atoms with E-state index >= 15 is 0 Å². The summed E-state index contributed by atoms with van der Waals surface area (Å²) in [5, 5.41) is 45.2. The second kappa shape index (κ2) is 7.96. The zero-order chi connectivity index (χ0) is 25.5. The lowest BCUT2D eigenvalue weighted by atomic mass is 9.41. The number of hydrogen-bond donors (Lipinski definition) is 4. The van der Waals surface area contributed by atoms with Gasteiger partial charge in [-0.1, -0.05) is 6.92 Å². The zero-order valence-electron chi connectivity index (χ0n) is 20.2. The summed E-state index contributed by atoms with van der Waals surface area (Å²) in [4.78, 5) is 37.2. The molecule has 0 aromatic carbocycles. The number of hydrogen-bond acceptors (Lipinski definition) is 9. The minimum atomic E-state index is -1.42. The number of carbonyl (C=O) groups is 2. The highest BCUT2D eigenvalue weighted by Crippen LogP contribution is 2.69. The maximum Gasteiger partial charge on any atom is 0.335 e. The van der Waals surface area contributed by atoms with E-state index in [0.717, 1.165) is 0 Å². The molecule has 9 heteroatoms. The number of ether oxygens (including phenoxy) is 1. The van der Waals surface area contributed by atoms with E-state index < -0.39 is 76.0 Å². The summed E-state index contributed by atoms with van der Waals surface area (Å²) in [6.07, 6.45) is -1.59. The SMILES string of the molecule is CC(=O)OC1C(O)C(O)CC2(C)C1CCC1C2C(O)C(=O)C2(C)C(c3ccc(=O)oc3)CCC12O. The van der Waals surface area contributed by atoms with Crippen LogP contribution in [0.15, 0.2) is 27.6 Å². The van der Waals surface area contributed by atoms with Crippen molar-refractivity contribution in [3.8, 4) is 0 Å². The van der Waals surface area contributed by atoms with Gasteiger partial charge in [0, 0.05) is 30.7 Å². The Hall–Kier alpha value is -2.07. The van der Waals surface area contributed by atoms with Crippen molar-refractivity contribution in [2.45, 2.75) is 88.8 Å². The summed E-state index contributed by atoms with van der Waals surface area (Å²) in [7, 11) is 0. The molecule has 4 fully saturated rings. The van der Waals surface area contributed by atoms with Gasteiger partial charge in [-0.25, -0.2) is 4.79 Å². The summed E-state index contributed by atoms with van der Waals surface area (Å²) in [6.45, 7) is 4.81. The number of rotatable bonds is 2. The van der Waals surface area contributed by atoms with Crippen LogP contribution in [0.25, 0.3) is 0 Å². The Morgan fingerprint density at radius 1 is 1.09 bits per heavy atom. The third-order valence-corrected chi connectivity index (χ3v) is 10.2. The Morgan fingerprint density at radius 2 is 1.77 bits per heavy atom. The Bertz CT molecular complexity index is 1080. The van der Waals surface area contributed by atoms with Crippen LogP contribution in [0.4, 0.5) is 0 Å². The lowest BCUT2D eigenvalue weighted by Gasteiger charge is -2.65. The van der Waals surface area contributed by atoms with Gasteiger partial charge in [0.15, 0.2) is 5.78 Å². The van der Waals surface area contributed by atoms with Crippen molar-refractivity contribution in [1.82, 2.24) is 0 Å². The summed E-state index contributed by atoms with van der Waals surface area (Å²) in [6, 6.07) is 2.90. The molecule has 1 aromatic rings. The molecule has 35 heavy (non-hydrogen) atoms. The molecule has 0 amide bonds. The van der Waals surface area contributed by atoms with Crippen molar-refractivity contribution in [2.24, 2.45) is 28.6 Å². The molecule has 0 radical (unpaired) electrons. The van der Waals surface area contributed by atoms with Gasteiger partial charge in [0.1, 0.15) is 18.3 Å². The predicted octanol–water partition coefficient (Wildman–Crippen LogP) is 0.904. The number of esters is 1. The number of aliphatic hydroxyl groups is 4. The van der Waals surface area contributed by atoms with Gasteiger partial charge in [-0.15, -0.1) is 0 Å². The summed E-state index contributed by atoms with van der Waals surface area (Å²) < 4.78 is 10.5. The van der Waals surface area contributed by atoms with Crippen LogP contribution in [0, 0.1) is 28.6 Å². The third kappa shape index (κ3) is 3.17. The average molecular weight is 491 g/mol. The van der Waals surface area contributed by atoms with E-state index in [1.165, 1.54) is 19.3 Å². The number of aliphatic hydroxyl groups excluding tert-OH is 3. The lowest BCUT2D eigenvalue weighted by molar-refractivity contribution is -0.256. The Labute approximate surface area is 203 Å². The number of fused-ring (bicyclic) bond motifs is 5. The third-order valence-electron chi connectivity index (χ3n) is 10.2. The summed E-state index contributed by atoms with van der Waals surface area (Å²) in [5.41, 5.74) is -3.44. The number of carbonyl (C=O) groups excluding carboxylic acids is 2. The number of Topliss-reactive ketones (excluding diaryl/α,β-unsaturated/α-hetero) is 1. The van der Waals surface area contributed by atoms with Crippen LogP contribution in [0.3, 0.4) is 0 Å². The van der Waals surface area contributed by atoms with E-state index in [9.17, 15) is 34.8 Å². The highest BCUT2D eigenvalue weighted by atomic mass is 16.6. The molecule has 0 aliphatic heterocycles. The Balaban J connectivity index is 1.57. The molecule has 1 heterocycles. The largest absolute Gasteiger partial charge is 0.459 e. The van der Waals surface area contributed by atoms with Gasteiger partial charge in [-0.05, 0) is 62.0 Å². The van der Waals surface area contributed by atoms with Crippen molar-refractivity contribution < 1.29 is 39.2 Å². The molecule has 4 N–H and O–H groups in total. The van der Waals surface area contributed by atoms with Gasteiger partial charge in [-0.2, -0.15) is 0 Å². The molecule has 11 atom stereocenters. The van der Waals surface area contributed by atoms with Crippen LogP contribution in [0.1, 0.15) is 64.4 Å². The zero-order valence-corrected chi connectivity index (χ0v) is 20.2. The quantitative estimate of drug-likeness (QED) is 0.443. The normalized spacial score (nSPS) is 49.1. The topological polar surface area (TPSA) is 154 Å². The molecule has 0 saturated heterocycles. The molecule has 0 bridgehead atoms. The van der Waals surface area contributed by atoms with Crippen LogP contribution in [-0.2, 0) is 14.3 Å². The molecule has 4 aliphatic carbocycles. The summed E-state index contributed by atoms with van der Waals surface area (Å²) >= 11 is 0. The van der Waals surface area contributed by atoms with Crippen molar-refractivity contribution in [3.63, 3.8) is 0 Å². The van der Waals surface area contributed by atoms with Crippen LogP contribution in [-0.4, -0.2) is 62.2 Å². The highest BCUT2D eigenvalue weighted by molar-refractivity contribution is 5.93. The monoisotopic (exact) mass is 490 g/mol. The maximum atomic E-state index is 14.0. The van der Waals surface area contributed by atoms with Crippen molar-refractivity contribution in [1.29, 1.82) is 0 Å². The van der Waals surface area contributed by atoms with E-state index in [0.29, 0.717) is 31.2 Å². The fourth-order valence-electron chi connectivity index (χ4n) is 8.60. The Morgan fingerprint density at radius 3 is 2.40 bits per heavy atom. The van der Waals surface area contributed by atoms with Gasteiger partial charge in [0.05, 0.1) is 23.4 Å². The van der Waals surface area contributed by atoms with Gasteiger partial charge in [0.25, 0.3) is 0 Å². The molecular weight excluding hydrogens is 456 g/mol. The molecule has 9 nitrogen and oxygen atoms in total. The molecule has 0 spiro atoms. The van der Waals surface area contributed by atoms with Gasteiger partial charge < -0.3 is 29.6 Å². The van der Waals surface area contributed by atoms with Crippen LogP contribution < -0.4 is 5.63 Å². The predicted molar refractivity (Wildman–Crippen MR) is 121 cm³/mol. The van der Waals surface area contributed by atoms with E-state index in [1.807, 2.05) is 6.92 Å². The molecule has 4 aliphatic rings. The first kappa shape index (κ1) is 24.6. The first-order valence-corrected chi connectivity index (χ1v) is 12.4. The van der Waals surface area contributed by atoms with Gasteiger partial charge in [-0.3, -0.25) is 9.59 Å². The van der Waals surface area contributed by atoms with E-state index in [1.54, 1.807) is 13.0 Å². The molecule has 192 valence electrons. The van der Waals surface area contributed by atoms with Crippen LogP contribution in [0.2, 0.25) is 0 Å². The Kier molecular flexibility index (Phi) is 5.60. The van der Waals surface area contributed by atoms with Gasteiger partial charge >= 0.3 is 11.6 Å². The molecule has 1 aromatic heterocycles. The molecular formula is C26H34O9. The highest BCUT2D eigenvalue weighted by Gasteiger charge is 2.74. The molecule has 5 rings (SSSR count). The minimum absolute atomic E-state index is 0.113. The smallest absolute Gasteiger partial charge is 0.335 e. The second-order valence-corrected chi connectivity index (χ2v) is 11.6. The van der Waals surface area contributed by atoms with E-state index in [4.69, 9.17) is 9.15 Å². The first-order valence-electron chi connectivity index (χ1n) is 12.4. The van der Waals surface area contributed by atoms with Crippen LogP contribution in [0.5, 0.6) is 0 Å². The van der Waals surface area contributed by atoms with Crippen LogP contribution >= 0.6 is 0 Å². The summed E-state index contributed by atoms with van der Waals surface area (Å²) in [5.74, 6) is -2.99. The van der Waals surface area contributed by atoms with Gasteiger partial charge in [0.2, 0.25) is 0 Å². The fraction of sp³-hybridized carbons (Fsp3) is 0.731. The van der Waals surface area contributed by atoms with E-state index in [2.05, 4.69) is 0 Å². The number of ketones is 1. The van der Waals surface area contributed by atoms with Crippen molar-refractivity contribution in [2.75, 3.05) is 0 Å². The second-order valence-electron chi connectivity index (χ2n) is 11.6.